The van der Waals surface area contributed by atoms with Gasteiger partial charge in [-0.15, -0.1) is 0 Å². The Morgan fingerprint density at radius 1 is 1.00 bits per heavy atom. The van der Waals surface area contributed by atoms with E-state index in [9.17, 15) is 21.6 Å². The molecule has 0 aliphatic carbocycles. The lowest BCUT2D eigenvalue weighted by Crippen LogP contribution is -2.31. The highest BCUT2D eigenvalue weighted by molar-refractivity contribution is 7.86. The number of hydrogen-bond donors (Lipinski definition) is 1. The zero-order valence-electron chi connectivity index (χ0n) is 19.9. The molecule has 10 nitrogen and oxygen atoms in total. The van der Waals surface area contributed by atoms with E-state index in [2.05, 4.69) is 5.32 Å². The summed E-state index contributed by atoms with van der Waals surface area (Å²) < 4.78 is 66.8. The quantitative estimate of drug-likeness (QED) is 0.341. The molecule has 1 saturated heterocycles. The van der Waals surface area contributed by atoms with Crippen molar-refractivity contribution >= 4 is 26.0 Å². The number of methoxy groups -OCH3 is 2. The van der Waals surface area contributed by atoms with Crippen LogP contribution in [0.15, 0.2) is 42.5 Å². The molecule has 0 amide bonds. The third-order valence-corrected chi connectivity index (χ3v) is 6.91. The molecule has 1 aliphatic rings. The first-order valence-corrected chi connectivity index (χ1v) is 14.3. The van der Waals surface area contributed by atoms with Gasteiger partial charge in [-0.05, 0) is 30.5 Å². The van der Waals surface area contributed by atoms with Crippen LogP contribution in [0.5, 0.6) is 17.2 Å². The maximum atomic E-state index is 13.5. The lowest BCUT2D eigenvalue weighted by molar-refractivity contribution is 0.0947. The van der Waals surface area contributed by atoms with E-state index >= 15 is 0 Å². The fraction of sp³-hybridized carbons (Fsp3) is 0.435. The number of rotatable bonds is 11. The number of Topliss-reactive ketones (excluding diaryl/α,β-unsaturated/α-hetero) is 1. The van der Waals surface area contributed by atoms with Gasteiger partial charge in [0.1, 0.15) is 0 Å². The molecule has 2 atom stereocenters. The van der Waals surface area contributed by atoms with E-state index < -0.39 is 31.7 Å². The number of carbonyl (C=O) groups excluding carboxylic acids is 1. The molecule has 0 spiro atoms. The summed E-state index contributed by atoms with van der Waals surface area (Å²) in [5, 5.41) is 3.26. The van der Waals surface area contributed by atoms with Crippen molar-refractivity contribution in [3.05, 3.63) is 53.6 Å². The van der Waals surface area contributed by atoms with Gasteiger partial charge >= 0.3 is 10.1 Å². The second kappa shape index (κ2) is 10.5. The molecule has 0 radical (unpaired) electrons. The topological polar surface area (TPSA) is 134 Å². The van der Waals surface area contributed by atoms with Crippen molar-refractivity contribution in [3.63, 3.8) is 0 Å². The summed E-state index contributed by atoms with van der Waals surface area (Å²) >= 11 is 0. The van der Waals surface area contributed by atoms with Gasteiger partial charge in [0.25, 0.3) is 10.1 Å². The van der Waals surface area contributed by atoms with E-state index in [0.717, 1.165) is 18.1 Å². The second-order valence-electron chi connectivity index (χ2n) is 8.42. The summed E-state index contributed by atoms with van der Waals surface area (Å²) in [5.41, 5.74) is 0.681. The van der Waals surface area contributed by atoms with Crippen LogP contribution < -0.4 is 19.0 Å². The molecule has 0 bridgehead atoms. The van der Waals surface area contributed by atoms with Crippen LogP contribution >= 0.6 is 0 Å². The minimum atomic E-state index is -3.87. The maximum absolute atomic E-state index is 13.5. The van der Waals surface area contributed by atoms with Gasteiger partial charge in [0.2, 0.25) is 5.75 Å². The van der Waals surface area contributed by atoms with Crippen LogP contribution in [0.4, 0.5) is 0 Å². The molecule has 1 N–H and O–H groups in total. The van der Waals surface area contributed by atoms with E-state index in [4.69, 9.17) is 17.8 Å². The molecule has 192 valence electrons. The first-order chi connectivity index (χ1) is 16.4. The first-order valence-electron chi connectivity index (χ1n) is 10.7. The highest BCUT2D eigenvalue weighted by Crippen LogP contribution is 2.41. The molecule has 3 rings (SSSR count). The molecule has 2 aromatic carbocycles. The van der Waals surface area contributed by atoms with E-state index in [1.165, 1.54) is 26.4 Å². The zero-order chi connectivity index (χ0) is 25.9. The summed E-state index contributed by atoms with van der Waals surface area (Å²) in [7, 11) is -4.81. The van der Waals surface area contributed by atoms with Gasteiger partial charge in [-0.3, -0.25) is 8.98 Å². The number of benzene rings is 2. The van der Waals surface area contributed by atoms with Crippen molar-refractivity contribution in [3.8, 4) is 17.2 Å². The van der Waals surface area contributed by atoms with Gasteiger partial charge in [0.05, 0.1) is 39.4 Å². The lowest BCUT2D eigenvalue weighted by Gasteiger charge is -2.29. The minimum absolute atomic E-state index is 0.0184. The minimum Gasteiger partial charge on any atom is -0.493 e. The molecule has 1 aliphatic heterocycles. The molecule has 2 unspecified atom stereocenters. The molecular formula is C23H29NO9S2. The summed E-state index contributed by atoms with van der Waals surface area (Å²) in [6.45, 7) is 0.416. The van der Waals surface area contributed by atoms with E-state index in [-0.39, 0.29) is 35.2 Å². The van der Waals surface area contributed by atoms with Crippen LogP contribution in [0.2, 0.25) is 0 Å². The fourth-order valence-electron chi connectivity index (χ4n) is 4.23. The second-order valence-corrected chi connectivity index (χ2v) is 11.6. The monoisotopic (exact) mass is 527 g/mol. The Kier molecular flexibility index (Phi) is 8.10. The van der Waals surface area contributed by atoms with Gasteiger partial charge in [0.15, 0.2) is 17.3 Å². The predicted octanol–water partition coefficient (Wildman–Crippen LogP) is 1.89. The third kappa shape index (κ3) is 6.72. The largest absolute Gasteiger partial charge is 0.493 e. The summed E-state index contributed by atoms with van der Waals surface area (Å²) in [6, 6.07) is 11.8. The number of nitrogens with one attached hydrogen (secondary N) is 1. The van der Waals surface area contributed by atoms with Gasteiger partial charge in [-0.1, -0.05) is 30.3 Å². The summed E-state index contributed by atoms with van der Waals surface area (Å²) in [6.07, 6.45) is 2.67. The van der Waals surface area contributed by atoms with E-state index in [1.807, 2.05) is 30.3 Å². The Morgan fingerprint density at radius 3 is 2.11 bits per heavy atom. The van der Waals surface area contributed by atoms with Gasteiger partial charge < -0.3 is 19.0 Å². The van der Waals surface area contributed by atoms with Crippen LogP contribution in [0.25, 0.3) is 0 Å². The maximum Gasteiger partial charge on any atom is 0.306 e. The first kappa shape index (κ1) is 26.9. The van der Waals surface area contributed by atoms with Crippen molar-refractivity contribution in [1.29, 1.82) is 0 Å². The zero-order valence-corrected chi connectivity index (χ0v) is 21.6. The van der Waals surface area contributed by atoms with Crippen LogP contribution in [0, 0.1) is 0 Å². The number of ketones is 1. The fourth-order valence-corrected chi connectivity index (χ4v) is 5.08. The van der Waals surface area contributed by atoms with Crippen molar-refractivity contribution in [2.45, 2.75) is 24.3 Å². The normalized spacial score (nSPS) is 20.4. The Balaban J connectivity index is 1.91. The molecule has 35 heavy (non-hydrogen) atoms. The van der Waals surface area contributed by atoms with E-state index in [0.29, 0.717) is 19.4 Å². The Bertz CT molecular complexity index is 1250. The van der Waals surface area contributed by atoms with Crippen LogP contribution in [0.3, 0.4) is 0 Å². The van der Waals surface area contributed by atoms with Gasteiger partial charge in [0, 0.05) is 17.5 Å². The molecule has 0 aromatic heterocycles. The SMILES string of the molecule is COc1cc(C(=O)C2CC(CCOS(C)(=O)=O)(c3ccccc3)CN2)cc(OC)c1OS(C)(=O)=O. The van der Waals surface area contributed by atoms with Crippen LogP contribution in [-0.2, 0) is 29.8 Å². The number of carbonyl (C=O) groups is 1. The van der Waals surface area contributed by atoms with Crippen LogP contribution in [-0.4, -0.2) is 68.5 Å². The van der Waals surface area contributed by atoms with Crippen molar-refractivity contribution in [1.82, 2.24) is 5.32 Å². The van der Waals surface area contributed by atoms with Crippen molar-refractivity contribution in [2.75, 3.05) is 39.9 Å². The molecule has 1 heterocycles. The average Bonchev–Trinajstić information content (AvgIpc) is 3.23. The number of hydrogen-bond acceptors (Lipinski definition) is 10. The summed E-state index contributed by atoms with van der Waals surface area (Å²) in [5.74, 6) is -0.335. The Labute approximate surface area is 205 Å². The lowest BCUT2D eigenvalue weighted by atomic mass is 9.75. The molecule has 2 aromatic rings. The molecule has 1 fully saturated rings. The molecular weight excluding hydrogens is 498 g/mol. The standard InChI is InChI=1S/C23H29NO9S2/c1-30-19-12-16(13-20(31-2)22(19)33-35(4,28)29)21(25)18-14-23(15-24-18,10-11-32-34(3,26)27)17-8-6-5-7-9-17/h5-9,12-13,18,24H,10-11,14-15H2,1-4H3. The smallest absolute Gasteiger partial charge is 0.306 e. The highest BCUT2D eigenvalue weighted by atomic mass is 32.2. The Morgan fingerprint density at radius 2 is 1.60 bits per heavy atom. The van der Waals surface area contributed by atoms with Crippen molar-refractivity contribution in [2.24, 2.45) is 0 Å². The summed E-state index contributed by atoms with van der Waals surface area (Å²) in [4.78, 5) is 13.5. The average molecular weight is 528 g/mol. The predicted molar refractivity (Wildman–Crippen MR) is 129 cm³/mol. The van der Waals surface area contributed by atoms with E-state index in [1.54, 1.807) is 0 Å². The van der Waals surface area contributed by atoms with Crippen molar-refractivity contribution < 1.29 is 39.5 Å². The number of ether oxygens (including phenoxy) is 2. The van der Waals surface area contributed by atoms with Gasteiger partial charge in [-0.25, -0.2) is 0 Å². The molecule has 12 heteroatoms. The highest BCUT2D eigenvalue weighted by Gasteiger charge is 2.43. The van der Waals surface area contributed by atoms with Crippen LogP contribution in [0.1, 0.15) is 28.8 Å². The van der Waals surface area contributed by atoms with Gasteiger partial charge in [-0.2, -0.15) is 16.8 Å². The Hall–Kier alpha value is -2.67. The molecule has 0 saturated carbocycles. The third-order valence-electron chi connectivity index (χ3n) is 5.84.